The summed E-state index contributed by atoms with van der Waals surface area (Å²) in [5, 5.41) is 2.98. The summed E-state index contributed by atoms with van der Waals surface area (Å²) in [7, 11) is 3.92. The molecule has 0 aliphatic rings. The van der Waals surface area contributed by atoms with Gasteiger partial charge in [-0.2, -0.15) is 0 Å². The van der Waals surface area contributed by atoms with E-state index < -0.39 is 11.9 Å². The molecule has 1 aromatic rings. The second-order valence-corrected chi connectivity index (χ2v) is 4.22. The highest BCUT2D eigenvalue weighted by molar-refractivity contribution is 5.80. The fraction of sp³-hybridized carbons (Fsp3) is 0.462. The van der Waals surface area contributed by atoms with Gasteiger partial charge in [0.2, 0.25) is 5.91 Å². The maximum Gasteiger partial charge on any atom is 0.238 e. The lowest BCUT2D eigenvalue weighted by Gasteiger charge is -2.17. The molecular formula is C13H21N3O2. The van der Waals surface area contributed by atoms with E-state index in [9.17, 15) is 4.79 Å². The Morgan fingerprint density at radius 2 is 2.22 bits per heavy atom. The molecule has 0 bridgehead atoms. The van der Waals surface area contributed by atoms with Crippen molar-refractivity contribution in [2.24, 2.45) is 5.73 Å². The summed E-state index contributed by atoms with van der Waals surface area (Å²) in [4.78, 5) is 13.1. The van der Waals surface area contributed by atoms with Crippen LogP contribution in [-0.2, 0) is 4.79 Å². The second-order valence-electron chi connectivity index (χ2n) is 4.22. The molecule has 0 spiro atoms. The standard InChI is InChI=1S/C13H21N3O2/c1-4-15-12(13(14)17)9-18-11-7-5-6-10(8-11)16(2)3/h5-8,12,15H,4,9H2,1-3H3,(H2,14,17). The highest BCUT2D eigenvalue weighted by Crippen LogP contribution is 2.19. The van der Waals surface area contributed by atoms with Gasteiger partial charge in [-0.1, -0.05) is 13.0 Å². The molecular weight excluding hydrogens is 230 g/mol. The highest BCUT2D eigenvalue weighted by atomic mass is 16.5. The number of hydrogen-bond donors (Lipinski definition) is 2. The van der Waals surface area contributed by atoms with Gasteiger partial charge in [-0.3, -0.25) is 4.79 Å². The first-order valence-electron chi connectivity index (χ1n) is 5.97. The molecule has 1 amide bonds. The van der Waals surface area contributed by atoms with Gasteiger partial charge >= 0.3 is 0 Å². The number of ether oxygens (including phenoxy) is 1. The van der Waals surface area contributed by atoms with Crippen molar-refractivity contribution >= 4 is 11.6 Å². The number of anilines is 1. The van der Waals surface area contributed by atoms with Crippen LogP contribution in [0.4, 0.5) is 5.69 Å². The molecule has 0 saturated carbocycles. The average Bonchev–Trinajstić information content (AvgIpc) is 2.34. The number of primary amides is 1. The van der Waals surface area contributed by atoms with E-state index in [4.69, 9.17) is 10.5 Å². The lowest BCUT2D eigenvalue weighted by molar-refractivity contribution is -0.120. The third kappa shape index (κ3) is 4.25. The van der Waals surface area contributed by atoms with Crippen LogP contribution in [-0.4, -0.2) is 39.2 Å². The quantitative estimate of drug-likeness (QED) is 0.744. The number of carbonyl (C=O) groups is 1. The van der Waals surface area contributed by atoms with Gasteiger partial charge in [0, 0.05) is 25.8 Å². The normalized spacial score (nSPS) is 11.9. The van der Waals surface area contributed by atoms with Gasteiger partial charge in [0.25, 0.3) is 0 Å². The van der Waals surface area contributed by atoms with Crippen LogP contribution in [0, 0.1) is 0 Å². The van der Waals surface area contributed by atoms with Gasteiger partial charge in [-0.05, 0) is 18.7 Å². The van der Waals surface area contributed by atoms with E-state index >= 15 is 0 Å². The van der Waals surface area contributed by atoms with Crippen molar-refractivity contribution in [1.29, 1.82) is 0 Å². The Morgan fingerprint density at radius 3 is 2.78 bits per heavy atom. The van der Waals surface area contributed by atoms with Crippen molar-refractivity contribution in [3.63, 3.8) is 0 Å². The monoisotopic (exact) mass is 251 g/mol. The van der Waals surface area contributed by atoms with Crippen LogP contribution in [0.2, 0.25) is 0 Å². The zero-order valence-corrected chi connectivity index (χ0v) is 11.1. The van der Waals surface area contributed by atoms with Gasteiger partial charge in [0.05, 0.1) is 0 Å². The Morgan fingerprint density at radius 1 is 1.50 bits per heavy atom. The zero-order valence-electron chi connectivity index (χ0n) is 11.1. The van der Waals surface area contributed by atoms with E-state index in [0.29, 0.717) is 6.54 Å². The van der Waals surface area contributed by atoms with Crippen molar-refractivity contribution in [2.75, 3.05) is 32.1 Å². The average molecular weight is 251 g/mol. The summed E-state index contributed by atoms with van der Waals surface area (Å²) in [6.07, 6.45) is 0. The zero-order chi connectivity index (χ0) is 13.5. The van der Waals surface area contributed by atoms with Crippen molar-refractivity contribution in [1.82, 2.24) is 5.32 Å². The molecule has 1 aromatic carbocycles. The summed E-state index contributed by atoms with van der Waals surface area (Å²) in [5.41, 5.74) is 6.32. The predicted molar refractivity (Wildman–Crippen MR) is 72.9 cm³/mol. The molecule has 0 saturated heterocycles. The Bertz CT molecular complexity index is 394. The largest absolute Gasteiger partial charge is 0.491 e. The van der Waals surface area contributed by atoms with Gasteiger partial charge in [0.1, 0.15) is 18.4 Å². The fourth-order valence-electron chi connectivity index (χ4n) is 1.52. The Balaban J connectivity index is 2.61. The van der Waals surface area contributed by atoms with E-state index in [1.54, 1.807) is 0 Å². The van der Waals surface area contributed by atoms with Crippen molar-refractivity contribution in [3.8, 4) is 5.75 Å². The van der Waals surface area contributed by atoms with Crippen LogP contribution in [0.15, 0.2) is 24.3 Å². The fourth-order valence-corrected chi connectivity index (χ4v) is 1.52. The van der Waals surface area contributed by atoms with Crippen molar-refractivity contribution in [3.05, 3.63) is 24.3 Å². The van der Waals surface area contributed by atoms with Crippen LogP contribution < -0.4 is 20.7 Å². The molecule has 0 aliphatic heterocycles. The van der Waals surface area contributed by atoms with E-state index in [-0.39, 0.29) is 6.61 Å². The molecule has 5 heteroatoms. The third-order valence-electron chi connectivity index (χ3n) is 2.54. The molecule has 1 atom stereocenters. The second kappa shape index (κ2) is 6.86. The topological polar surface area (TPSA) is 67.6 Å². The molecule has 0 aromatic heterocycles. The van der Waals surface area contributed by atoms with Crippen LogP contribution >= 0.6 is 0 Å². The van der Waals surface area contributed by atoms with Crippen LogP contribution in [0.1, 0.15) is 6.92 Å². The predicted octanol–water partition coefficient (Wildman–Crippen LogP) is 0.595. The minimum atomic E-state index is -0.460. The first-order chi connectivity index (χ1) is 8.54. The number of amides is 1. The SMILES string of the molecule is CCNC(COc1cccc(N(C)C)c1)C(N)=O. The van der Waals surface area contributed by atoms with Crippen LogP contribution in [0.5, 0.6) is 5.75 Å². The van der Waals surface area contributed by atoms with Gasteiger partial charge in [-0.25, -0.2) is 0 Å². The van der Waals surface area contributed by atoms with E-state index in [1.165, 1.54) is 0 Å². The van der Waals surface area contributed by atoms with Gasteiger partial charge in [-0.15, -0.1) is 0 Å². The maximum absolute atomic E-state index is 11.2. The molecule has 0 heterocycles. The first kappa shape index (κ1) is 14.3. The number of benzene rings is 1. The number of rotatable bonds is 7. The summed E-state index contributed by atoms with van der Waals surface area (Å²) < 4.78 is 5.58. The molecule has 0 radical (unpaired) electrons. The summed E-state index contributed by atoms with van der Waals surface area (Å²) in [6.45, 7) is 2.83. The van der Waals surface area contributed by atoms with E-state index in [1.807, 2.05) is 50.2 Å². The third-order valence-corrected chi connectivity index (χ3v) is 2.54. The van der Waals surface area contributed by atoms with Crippen molar-refractivity contribution < 1.29 is 9.53 Å². The Hall–Kier alpha value is -1.75. The van der Waals surface area contributed by atoms with Gasteiger partial charge in [0.15, 0.2) is 0 Å². The lowest BCUT2D eigenvalue weighted by Crippen LogP contribution is -2.45. The first-order valence-corrected chi connectivity index (χ1v) is 5.97. The molecule has 0 aliphatic carbocycles. The number of likely N-dealkylation sites (N-methyl/N-ethyl adjacent to an activating group) is 1. The number of nitrogens with two attached hydrogens (primary N) is 1. The van der Waals surface area contributed by atoms with Gasteiger partial charge < -0.3 is 20.7 Å². The lowest BCUT2D eigenvalue weighted by atomic mass is 10.2. The molecule has 0 fully saturated rings. The molecule has 3 N–H and O–H groups in total. The highest BCUT2D eigenvalue weighted by Gasteiger charge is 2.14. The van der Waals surface area contributed by atoms with Crippen LogP contribution in [0.25, 0.3) is 0 Å². The minimum absolute atomic E-state index is 0.236. The van der Waals surface area contributed by atoms with Crippen molar-refractivity contribution in [2.45, 2.75) is 13.0 Å². The van der Waals surface area contributed by atoms with E-state index in [2.05, 4.69) is 5.32 Å². The molecule has 1 rings (SSSR count). The summed E-state index contributed by atoms with van der Waals surface area (Å²) in [5.74, 6) is 0.325. The summed E-state index contributed by atoms with van der Waals surface area (Å²) in [6, 6.07) is 7.22. The molecule has 1 unspecified atom stereocenters. The van der Waals surface area contributed by atoms with Crippen LogP contribution in [0.3, 0.4) is 0 Å². The number of carbonyl (C=O) groups excluding carboxylic acids is 1. The molecule has 18 heavy (non-hydrogen) atoms. The number of nitrogens with one attached hydrogen (secondary N) is 1. The minimum Gasteiger partial charge on any atom is -0.491 e. The Labute approximate surface area is 108 Å². The number of hydrogen-bond acceptors (Lipinski definition) is 4. The molecule has 5 nitrogen and oxygen atoms in total. The maximum atomic E-state index is 11.2. The molecule has 100 valence electrons. The number of nitrogens with zero attached hydrogens (tertiary/aromatic N) is 1. The smallest absolute Gasteiger partial charge is 0.238 e. The summed E-state index contributed by atoms with van der Waals surface area (Å²) >= 11 is 0. The Kier molecular flexibility index (Phi) is 5.45. The van der Waals surface area contributed by atoms with E-state index in [0.717, 1.165) is 11.4 Å².